The van der Waals surface area contributed by atoms with Crippen LogP contribution in [-0.4, -0.2) is 30.7 Å². The highest BCUT2D eigenvalue weighted by Gasteiger charge is 2.09. The van der Waals surface area contributed by atoms with Crippen molar-refractivity contribution in [3.8, 4) is 0 Å². The van der Waals surface area contributed by atoms with Crippen molar-refractivity contribution in [1.29, 1.82) is 0 Å². The van der Waals surface area contributed by atoms with Crippen molar-refractivity contribution in [2.24, 2.45) is 5.92 Å². The third kappa shape index (κ3) is 4.19. The van der Waals surface area contributed by atoms with Gasteiger partial charge in [-0.15, -0.1) is 0 Å². The molecule has 0 aliphatic carbocycles. The fraction of sp³-hybridized carbons (Fsp3) is 0.667. The highest BCUT2D eigenvalue weighted by molar-refractivity contribution is 5.46. The second-order valence-electron chi connectivity index (χ2n) is 4.39. The Bertz CT molecular complexity index is 356. The van der Waals surface area contributed by atoms with Crippen molar-refractivity contribution in [3.63, 3.8) is 0 Å². The van der Waals surface area contributed by atoms with Crippen LogP contribution >= 0.6 is 0 Å². The number of nitrogens with zero attached hydrogens (tertiary/aromatic N) is 3. The molecule has 0 aromatic carbocycles. The van der Waals surface area contributed by atoms with E-state index < -0.39 is 0 Å². The Morgan fingerprint density at radius 2 is 2.18 bits per heavy atom. The zero-order valence-electron chi connectivity index (χ0n) is 11.1. The van der Waals surface area contributed by atoms with Crippen LogP contribution in [0.5, 0.6) is 0 Å². The lowest BCUT2D eigenvalue weighted by molar-refractivity contribution is 0.178. The quantitative estimate of drug-likeness (QED) is 0.817. The van der Waals surface area contributed by atoms with E-state index in [-0.39, 0.29) is 0 Å². The fourth-order valence-corrected chi connectivity index (χ4v) is 1.58. The van der Waals surface area contributed by atoms with Gasteiger partial charge in [0.15, 0.2) is 5.82 Å². The number of ether oxygens (including phenoxy) is 1. The molecule has 5 heteroatoms. The average Bonchev–Trinajstić information content (AvgIpc) is 2.28. The number of anilines is 2. The normalized spacial score (nSPS) is 12.5. The van der Waals surface area contributed by atoms with Gasteiger partial charge in [-0.05, 0) is 5.92 Å². The molecule has 1 aromatic heterocycles. The van der Waals surface area contributed by atoms with Gasteiger partial charge in [0.2, 0.25) is 0 Å². The number of nitrogen functional groups attached to an aromatic ring is 1. The minimum absolute atomic E-state index is 0.384. The molecule has 2 N–H and O–H groups in total. The Morgan fingerprint density at radius 3 is 2.76 bits per heavy atom. The van der Waals surface area contributed by atoms with Crippen LogP contribution in [0.25, 0.3) is 0 Å². The summed E-state index contributed by atoms with van der Waals surface area (Å²) in [6, 6.07) is 1.79. The van der Waals surface area contributed by atoms with Crippen LogP contribution in [0.1, 0.15) is 26.1 Å². The SMILES string of the molecule is CCC(C)CN(C)c1cc(N)nc(COC)n1. The maximum atomic E-state index is 5.76. The molecule has 0 fully saturated rings. The molecule has 0 radical (unpaired) electrons. The summed E-state index contributed by atoms with van der Waals surface area (Å²) in [5.74, 6) is 2.59. The van der Waals surface area contributed by atoms with Gasteiger partial charge in [-0.1, -0.05) is 20.3 Å². The average molecular weight is 238 g/mol. The molecule has 0 amide bonds. The number of hydrogen-bond donors (Lipinski definition) is 1. The third-order valence-electron chi connectivity index (χ3n) is 2.73. The Balaban J connectivity index is 2.81. The molecule has 0 saturated carbocycles. The Morgan fingerprint density at radius 1 is 1.47 bits per heavy atom. The number of nitrogens with two attached hydrogens (primary N) is 1. The first-order valence-corrected chi connectivity index (χ1v) is 5.90. The van der Waals surface area contributed by atoms with Crippen LogP contribution in [0.2, 0.25) is 0 Å². The smallest absolute Gasteiger partial charge is 0.158 e. The molecule has 1 rings (SSSR count). The highest BCUT2D eigenvalue weighted by atomic mass is 16.5. The molecule has 96 valence electrons. The van der Waals surface area contributed by atoms with E-state index in [1.807, 2.05) is 7.05 Å². The summed E-state index contributed by atoms with van der Waals surface area (Å²) in [6.45, 7) is 5.74. The van der Waals surface area contributed by atoms with Crippen molar-refractivity contribution in [3.05, 3.63) is 11.9 Å². The molecule has 0 spiro atoms. The maximum Gasteiger partial charge on any atom is 0.158 e. The molecule has 1 heterocycles. The van der Waals surface area contributed by atoms with Gasteiger partial charge >= 0.3 is 0 Å². The zero-order chi connectivity index (χ0) is 12.8. The second-order valence-corrected chi connectivity index (χ2v) is 4.39. The molecule has 0 aliphatic rings. The minimum Gasteiger partial charge on any atom is -0.384 e. The van der Waals surface area contributed by atoms with Crippen molar-refractivity contribution >= 4 is 11.6 Å². The van der Waals surface area contributed by atoms with Crippen LogP contribution < -0.4 is 10.6 Å². The number of rotatable bonds is 6. The van der Waals surface area contributed by atoms with Crippen LogP contribution in [0.3, 0.4) is 0 Å². The van der Waals surface area contributed by atoms with E-state index in [1.54, 1.807) is 13.2 Å². The summed E-state index contributed by atoms with van der Waals surface area (Å²) < 4.78 is 5.02. The molecule has 1 aromatic rings. The second kappa shape index (κ2) is 6.39. The molecule has 0 bridgehead atoms. The van der Waals surface area contributed by atoms with E-state index in [0.29, 0.717) is 24.2 Å². The fourth-order valence-electron chi connectivity index (χ4n) is 1.58. The monoisotopic (exact) mass is 238 g/mol. The van der Waals surface area contributed by atoms with E-state index in [9.17, 15) is 0 Å². The largest absolute Gasteiger partial charge is 0.384 e. The van der Waals surface area contributed by atoms with Gasteiger partial charge in [0, 0.05) is 26.8 Å². The highest BCUT2D eigenvalue weighted by Crippen LogP contribution is 2.15. The molecule has 1 atom stereocenters. The summed E-state index contributed by atoms with van der Waals surface area (Å²) in [5.41, 5.74) is 5.76. The van der Waals surface area contributed by atoms with Gasteiger partial charge < -0.3 is 15.4 Å². The van der Waals surface area contributed by atoms with Crippen LogP contribution in [0.15, 0.2) is 6.07 Å². The Kier molecular flexibility index (Phi) is 5.15. The number of aromatic nitrogens is 2. The third-order valence-corrected chi connectivity index (χ3v) is 2.73. The van der Waals surface area contributed by atoms with E-state index in [0.717, 1.165) is 18.8 Å². The molecule has 0 aliphatic heterocycles. The van der Waals surface area contributed by atoms with Crippen molar-refractivity contribution in [2.45, 2.75) is 26.9 Å². The van der Waals surface area contributed by atoms with Gasteiger partial charge in [0.1, 0.15) is 18.2 Å². The predicted octanol–water partition coefficient (Wildman–Crippen LogP) is 1.69. The molecular weight excluding hydrogens is 216 g/mol. The minimum atomic E-state index is 0.384. The molecule has 1 unspecified atom stereocenters. The lowest BCUT2D eigenvalue weighted by atomic mass is 10.1. The van der Waals surface area contributed by atoms with Gasteiger partial charge in [0.05, 0.1) is 0 Å². The first-order valence-electron chi connectivity index (χ1n) is 5.90. The molecular formula is C12H22N4O. The van der Waals surface area contributed by atoms with Crippen molar-refractivity contribution in [1.82, 2.24) is 9.97 Å². The number of methoxy groups -OCH3 is 1. The van der Waals surface area contributed by atoms with E-state index in [4.69, 9.17) is 10.5 Å². The standard InChI is InChI=1S/C12H22N4O/c1-5-9(2)7-16(3)12-6-10(13)14-11(15-12)8-17-4/h6,9H,5,7-8H2,1-4H3,(H2,13,14,15). The van der Waals surface area contributed by atoms with Crippen LogP contribution in [-0.2, 0) is 11.3 Å². The first-order chi connectivity index (χ1) is 8.06. The lowest BCUT2D eigenvalue weighted by Crippen LogP contribution is -2.25. The van der Waals surface area contributed by atoms with E-state index in [2.05, 4.69) is 28.7 Å². The lowest BCUT2D eigenvalue weighted by Gasteiger charge is -2.22. The van der Waals surface area contributed by atoms with Crippen molar-refractivity contribution < 1.29 is 4.74 Å². The molecule has 5 nitrogen and oxygen atoms in total. The maximum absolute atomic E-state index is 5.76. The van der Waals surface area contributed by atoms with Gasteiger partial charge in [0.25, 0.3) is 0 Å². The summed E-state index contributed by atoms with van der Waals surface area (Å²) in [6.07, 6.45) is 1.15. The molecule has 0 saturated heterocycles. The summed E-state index contributed by atoms with van der Waals surface area (Å²) in [5, 5.41) is 0. The van der Waals surface area contributed by atoms with Gasteiger partial charge in [-0.3, -0.25) is 0 Å². The Hall–Kier alpha value is -1.36. The predicted molar refractivity (Wildman–Crippen MR) is 69.9 cm³/mol. The summed E-state index contributed by atoms with van der Waals surface area (Å²) in [7, 11) is 3.64. The van der Waals surface area contributed by atoms with E-state index in [1.165, 1.54) is 0 Å². The van der Waals surface area contributed by atoms with E-state index >= 15 is 0 Å². The number of hydrogen-bond acceptors (Lipinski definition) is 5. The summed E-state index contributed by atoms with van der Waals surface area (Å²) in [4.78, 5) is 10.6. The van der Waals surface area contributed by atoms with Gasteiger partial charge in [-0.25, -0.2) is 9.97 Å². The zero-order valence-corrected chi connectivity index (χ0v) is 11.1. The Labute approximate surface area is 103 Å². The van der Waals surface area contributed by atoms with Crippen LogP contribution in [0.4, 0.5) is 11.6 Å². The topological polar surface area (TPSA) is 64.3 Å². The van der Waals surface area contributed by atoms with Gasteiger partial charge in [-0.2, -0.15) is 0 Å². The summed E-state index contributed by atoms with van der Waals surface area (Å²) >= 11 is 0. The first kappa shape index (κ1) is 13.7. The van der Waals surface area contributed by atoms with Crippen LogP contribution in [0, 0.1) is 5.92 Å². The van der Waals surface area contributed by atoms with Crippen molar-refractivity contribution in [2.75, 3.05) is 31.3 Å². The molecule has 17 heavy (non-hydrogen) atoms.